The highest BCUT2D eigenvalue weighted by atomic mass is 19.1. The molecule has 2 aromatic carbocycles. The predicted molar refractivity (Wildman–Crippen MR) is 123 cm³/mol. The summed E-state index contributed by atoms with van der Waals surface area (Å²) < 4.78 is 24.0. The van der Waals surface area contributed by atoms with Gasteiger partial charge in [-0.15, -0.1) is 0 Å². The second kappa shape index (κ2) is 9.74. The van der Waals surface area contributed by atoms with Crippen LogP contribution in [0.25, 0.3) is 5.76 Å². The number of carbonyl (C=O) groups excluding carboxylic acids is 2. The van der Waals surface area contributed by atoms with Crippen molar-refractivity contribution in [3.8, 4) is 11.5 Å². The van der Waals surface area contributed by atoms with Crippen LogP contribution in [-0.4, -0.2) is 47.4 Å². The number of pyridine rings is 1. The number of halogens is 1. The standard InChI is InChI=1S/C26H23FN2O5/c1-33-20-10-5-16(14-21(20)34-2)11-13-29-23(18-4-3-12-28-15-18)22(25(31)26(29)32)24(30)17-6-8-19(27)9-7-17/h3-10,12,14-15,23,30H,11,13H2,1-2H3/b24-22+. The van der Waals surface area contributed by atoms with Crippen LogP contribution in [0, 0.1) is 5.82 Å². The van der Waals surface area contributed by atoms with E-state index < -0.39 is 23.5 Å². The van der Waals surface area contributed by atoms with E-state index in [0.717, 1.165) is 5.56 Å². The topological polar surface area (TPSA) is 89.0 Å². The third-order valence-electron chi connectivity index (χ3n) is 5.75. The predicted octanol–water partition coefficient (Wildman–Crippen LogP) is 3.90. The molecule has 7 nitrogen and oxygen atoms in total. The molecule has 174 valence electrons. The maximum atomic E-state index is 13.4. The first-order valence-corrected chi connectivity index (χ1v) is 10.6. The Hall–Kier alpha value is -4.20. The number of hydrogen-bond donors (Lipinski definition) is 1. The lowest BCUT2D eigenvalue weighted by Gasteiger charge is -2.25. The first-order chi connectivity index (χ1) is 16.4. The Morgan fingerprint density at radius 3 is 2.44 bits per heavy atom. The number of benzene rings is 2. The van der Waals surface area contributed by atoms with E-state index in [1.807, 2.05) is 12.1 Å². The minimum Gasteiger partial charge on any atom is -0.507 e. The van der Waals surface area contributed by atoms with Gasteiger partial charge in [0, 0.05) is 24.5 Å². The molecule has 1 fully saturated rings. The molecule has 1 atom stereocenters. The van der Waals surface area contributed by atoms with Gasteiger partial charge in [-0.25, -0.2) is 4.39 Å². The van der Waals surface area contributed by atoms with E-state index >= 15 is 0 Å². The summed E-state index contributed by atoms with van der Waals surface area (Å²) in [5, 5.41) is 11.0. The van der Waals surface area contributed by atoms with Gasteiger partial charge in [0.25, 0.3) is 11.7 Å². The lowest BCUT2D eigenvalue weighted by atomic mass is 9.96. The summed E-state index contributed by atoms with van der Waals surface area (Å²) >= 11 is 0. The number of Topliss-reactive ketones (excluding diaryl/α,β-unsaturated/α-hetero) is 1. The Kier molecular flexibility index (Phi) is 6.58. The second-order valence-electron chi connectivity index (χ2n) is 7.73. The number of likely N-dealkylation sites (tertiary alicyclic amines) is 1. The summed E-state index contributed by atoms with van der Waals surface area (Å²) in [7, 11) is 3.09. The lowest BCUT2D eigenvalue weighted by Crippen LogP contribution is -2.31. The monoisotopic (exact) mass is 462 g/mol. The summed E-state index contributed by atoms with van der Waals surface area (Å²) in [6, 6.07) is 13.1. The fraction of sp³-hybridized carbons (Fsp3) is 0.192. The van der Waals surface area contributed by atoms with Gasteiger partial charge in [0.1, 0.15) is 11.6 Å². The molecule has 3 aromatic rings. The number of carbonyl (C=O) groups is 2. The number of rotatable bonds is 7. The second-order valence-corrected chi connectivity index (χ2v) is 7.73. The molecule has 1 aliphatic rings. The number of amides is 1. The van der Waals surface area contributed by atoms with Gasteiger partial charge in [-0.1, -0.05) is 12.1 Å². The number of aromatic nitrogens is 1. The third-order valence-corrected chi connectivity index (χ3v) is 5.75. The Balaban J connectivity index is 1.72. The molecule has 8 heteroatoms. The molecular weight excluding hydrogens is 439 g/mol. The number of aliphatic hydroxyl groups is 1. The molecular formula is C26H23FN2O5. The lowest BCUT2D eigenvalue weighted by molar-refractivity contribution is -0.139. The van der Waals surface area contributed by atoms with Gasteiger partial charge in [-0.3, -0.25) is 14.6 Å². The first kappa shape index (κ1) is 23.0. The van der Waals surface area contributed by atoms with Crippen LogP contribution in [0.3, 0.4) is 0 Å². The number of hydrogen-bond acceptors (Lipinski definition) is 6. The van der Waals surface area contributed by atoms with Crippen molar-refractivity contribution in [2.75, 3.05) is 20.8 Å². The Morgan fingerprint density at radius 1 is 1.06 bits per heavy atom. The molecule has 1 unspecified atom stereocenters. The molecule has 1 aliphatic heterocycles. The summed E-state index contributed by atoms with van der Waals surface area (Å²) in [5.74, 6) is -1.22. The van der Waals surface area contributed by atoms with Crippen molar-refractivity contribution in [1.29, 1.82) is 0 Å². The molecule has 34 heavy (non-hydrogen) atoms. The molecule has 0 saturated carbocycles. The molecule has 2 heterocycles. The zero-order valence-electron chi connectivity index (χ0n) is 18.7. The average molecular weight is 462 g/mol. The summed E-state index contributed by atoms with van der Waals surface area (Å²) in [4.78, 5) is 31.6. The molecule has 1 saturated heterocycles. The zero-order chi connectivity index (χ0) is 24.2. The van der Waals surface area contributed by atoms with Crippen LogP contribution in [0.15, 0.2) is 72.6 Å². The largest absolute Gasteiger partial charge is 0.507 e. The minimum absolute atomic E-state index is 0.0584. The van der Waals surface area contributed by atoms with Crippen molar-refractivity contribution in [1.82, 2.24) is 9.88 Å². The van der Waals surface area contributed by atoms with Gasteiger partial charge in [-0.2, -0.15) is 0 Å². The Bertz CT molecular complexity index is 1240. The third kappa shape index (κ3) is 4.34. The molecule has 4 rings (SSSR count). The molecule has 0 radical (unpaired) electrons. The maximum absolute atomic E-state index is 13.4. The van der Waals surface area contributed by atoms with Crippen LogP contribution in [-0.2, 0) is 16.0 Å². The van der Waals surface area contributed by atoms with Gasteiger partial charge in [0.15, 0.2) is 11.5 Å². The Morgan fingerprint density at radius 2 is 1.79 bits per heavy atom. The molecule has 1 amide bonds. The van der Waals surface area contributed by atoms with Crippen LogP contribution >= 0.6 is 0 Å². The van der Waals surface area contributed by atoms with E-state index in [0.29, 0.717) is 23.5 Å². The SMILES string of the molecule is COc1ccc(CCN2C(=O)C(=O)/C(=C(/O)c3ccc(F)cc3)C2c2cccnc2)cc1OC. The molecule has 1 N–H and O–H groups in total. The van der Waals surface area contributed by atoms with Crippen LogP contribution < -0.4 is 9.47 Å². The summed E-state index contributed by atoms with van der Waals surface area (Å²) in [5.41, 5.74) is 1.64. The highest BCUT2D eigenvalue weighted by Gasteiger charge is 2.45. The zero-order valence-corrected chi connectivity index (χ0v) is 18.7. The molecule has 0 aliphatic carbocycles. The fourth-order valence-electron chi connectivity index (χ4n) is 4.04. The van der Waals surface area contributed by atoms with Gasteiger partial charge in [-0.05, 0) is 60.0 Å². The molecule has 0 bridgehead atoms. The quantitative estimate of drug-likeness (QED) is 0.326. The summed E-state index contributed by atoms with van der Waals surface area (Å²) in [6.45, 7) is 0.208. The Labute approximate surface area is 196 Å². The normalized spacial score (nSPS) is 17.1. The average Bonchev–Trinajstić information content (AvgIpc) is 3.12. The molecule has 1 aromatic heterocycles. The highest BCUT2D eigenvalue weighted by Crippen LogP contribution is 2.39. The highest BCUT2D eigenvalue weighted by molar-refractivity contribution is 6.46. The van der Waals surface area contributed by atoms with Crippen molar-refractivity contribution < 1.29 is 28.6 Å². The molecule has 0 spiro atoms. The van der Waals surface area contributed by atoms with E-state index in [2.05, 4.69) is 4.98 Å². The minimum atomic E-state index is -0.834. The van der Waals surface area contributed by atoms with E-state index in [4.69, 9.17) is 9.47 Å². The first-order valence-electron chi connectivity index (χ1n) is 10.6. The summed E-state index contributed by atoms with van der Waals surface area (Å²) in [6.07, 6.45) is 3.57. The number of aliphatic hydroxyl groups excluding tert-OH is 1. The number of nitrogens with zero attached hydrogens (tertiary/aromatic N) is 2. The van der Waals surface area contributed by atoms with Crippen LogP contribution in [0.2, 0.25) is 0 Å². The van der Waals surface area contributed by atoms with Crippen molar-refractivity contribution in [2.24, 2.45) is 0 Å². The van der Waals surface area contributed by atoms with Gasteiger partial charge in [0.2, 0.25) is 0 Å². The van der Waals surface area contributed by atoms with E-state index in [1.165, 1.54) is 36.3 Å². The van der Waals surface area contributed by atoms with Crippen molar-refractivity contribution >= 4 is 17.4 Å². The van der Waals surface area contributed by atoms with E-state index in [1.54, 1.807) is 37.7 Å². The van der Waals surface area contributed by atoms with Gasteiger partial charge < -0.3 is 19.5 Å². The smallest absolute Gasteiger partial charge is 0.295 e. The van der Waals surface area contributed by atoms with Gasteiger partial charge >= 0.3 is 0 Å². The van der Waals surface area contributed by atoms with Crippen molar-refractivity contribution in [3.63, 3.8) is 0 Å². The van der Waals surface area contributed by atoms with Crippen LogP contribution in [0.4, 0.5) is 4.39 Å². The fourth-order valence-corrected chi connectivity index (χ4v) is 4.04. The number of methoxy groups -OCH3 is 2. The number of ketones is 1. The van der Waals surface area contributed by atoms with Crippen LogP contribution in [0.5, 0.6) is 11.5 Å². The van der Waals surface area contributed by atoms with Crippen LogP contribution in [0.1, 0.15) is 22.7 Å². The maximum Gasteiger partial charge on any atom is 0.295 e. The van der Waals surface area contributed by atoms with E-state index in [9.17, 15) is 19.1 Å². The van der Waals surface area contributed by atoms with E-state index in [-0.39, 0.29) is 23.4 Å². The van der Waals surface area contributed by atoms with Crippen molar-refractivity contribution in [2.45, 2.75) is 12.5 Å². The van der Waals surface area contributed by atoms with Gasteiger partial charge in [0.05, 0.1) is 25.8 Å². The van der Waals surface area contributed by atoms with Crippen molar-refractivity contribution in [3.05, 3.63) is 95.1 Å². The number of ether oxygens (including phenoxy) is 2.